The molecule has 2 aliphatic rings. The van der Waals surface area contributed by atoms with Crippen LogP contribution in [0.25, 0.3) is 11.0 Å². The van der Waals surface area contributed by atoms with E-state index in [0.717, 1.165) is 35.5 Å². The van der Waals surface area contributed by atoms with Crippen molar-refractivity contribution in [3.05, 3.63) is 34.5 Å². The highest BCUT2D eigenvalue weighted by Crippen LogP contribution is 2.27. The van der Waals surface area contributed by atoms with Crippen molar-refractivity contribution in [1.29, 1.82) is 0 Å². The fourth-order valence-electron chi connectivity index (χ4n) is 3.07. The summed E-state index contributed by atoms with van der Waals surface area (Å²) < 4.78 is 6.61. The Kier molecular flexibility index (Phi) is 3.64. The third-order valence-corrected chi connectivity index (χ3v) is 4.92. The number of furan rings is 1. The Balaban J connectivity index is 1.57. The first kappa shape index (κ1) is 14.8. The lowest BCUT2D eigenvalue weighted by Crippen LogP contribution is -2.46. The van der Waals surface area contributed by atoms with Crippen LogP contribution in [0, 0.1) is 0 Å². The van der Waals surface area contributed by atoms with Gasteiger partial charge in [-0.3, -0.25) is 9.59 Å². The van der Waals surface area contributed by atoms with Crippen LogP contribution in [-0.2, 0) is 4.79 Å². The van der Waals surface area contributed by atoms with Gasteiger partial charge in [0.05, 0.1) is 0 Å². The summed E-state index contributed by atoms with van der Waals surface area (Å²) in [4.78, 5) is 26.7. The molecule has 1 aliphatic heterocycles. The molecule has 4 rings (SSSR count). The molecule has 1 aromatic heterocycles. The largest absolute Gasteiger partial charge is 0.451 e. The van der Waals surface area contributed by atoms with Crippen molar-refractivity contribution in [2.45, 2.75) is 37.8 Å². The van der Waals surface area contributed by atoms with Crippen molar-refractivity contribution in [2.24, 2.45) is 0 Å². The number of hydrogen-bond donors (Lipinski definition) is 1. The zero-order chi connectivity index (χ0) is 16.0. The van der Waals surface area contributed by atoms with Crippen LogP contribution in [0.2, 0.25) is 0 Å². The zero-order valence-electron chi connectivity index (χ0n) is 12.5. The van der Waals surface area contributed by atoms with Gasteiger partial charge in [-0.15, -0.1) is 0 Å². The number of nitrogens with zero attached hydrogens (tertiary/aromatic N) is 1. The SMILES string of the molecule is O=C(NC1CC1)C1CCCN1C(=O)c1cc2cc(Br)ccc2o1. The van der Waals surface area contributed by atoms with E-state index < -0.39 is 0 Å². The lowest BCUT2D eigenvalue weighted by Gasteiger charge is -2.22. The van der Waals surface area contributed by atoms with Crippen molar-refractivity contribution >= 4 is 38.7 Å². The Labute approximate surface area is 142 Å². The van der Waals surface area contributed by atoms with Crippen LogP contribution in [0.1, 0.15) is 36.2 Å². The molecule has 1 aromatic carbocycles. The van der Waals surface area contributed by atoms with Crippen molar-refractivity contribution < 1.29 is 14.0 Å². The smallest absolute Gasteiger partial charge is 0.290 e. The fraction of sp³-hybridized carbons (Fsp3) is 0.412. The van der Waals surface area contributed by atoms with Gasteiger partial charge in [0.1, 0.15) is 11.6 Å². The van der Waals surface area contributed by atoms with Gasteiger partial charge in [-0.05, 0) is 49.9 Å². The van der Waals surface area contributed by atoms with Crippen LogP contribution in [0.5, 0.6) is 0 Å². The Morgan fingerprint density at radius 1 is 1.22 bits per heavy atom. The number of fused-ring (bicyclic) bond motifs is 1. The number of benzene rings is 1. The van der Waals surface area contributed by atoms with Gasteiger partial charge in [0.25, 0.3) is 5.91 Å². The summed E-state index contributed by atoms with van der Waals surface area (Å²) in [6.07, 6.45) is 3.66. The van der Waals surface area contributed by atoms with Crippen LogP contribution in [0.4, 0.5) is 0 Å². The fourth-order valence-corrected chi connectivity index (χ4v) is 3.45. The number of carbonyl (C=O) groups is 2. The molecule has 1 unspecified atom stereocenters. The molecule has 23 heavy (non-hydrogen) atoms. The van der Waals surface area contributed by atoms with Crippen molar-refractivity contribution in [3.8, 4) is 0 Å². The molecular formula is C17H17BrN2O3. The normalized spacial score (nSPS) is 20.9. The Morgan fingerprint density at radius 3 is 2.83 bits per heavy atom. The third-order valence-electron chi connectivity index (χ3n) is 4.43. The number of amides is 2. The molecule has 0 spiro atoms. The summed E-state index contributed by atoms with van der Waals surface area (Å²) in [6, 6.07) is 7.30. The average Bonchev–Trinajstić information content (AvgIpc) is 3.05. The van der Waals surface area contributed by atoms with E-state index >= 15 is 0 Å². The number of halogens is 1. The quantitative estimate of drug-likeness (QED) is 0.894. The summed E-state index contributed by atoms with van der Waals surface area (Å²) in [6.45, 7) is 0.600. The van der Waals surface area contributed by atoms with Crippen LogP contribution in [0.3, 0.4) is 0 Å². The monoisotopic (exact) mass is 376 g/mol. The van der Waals surface area contributed by atoms with E-state index in [1.54, 1.807) is 11.0 Å². The molecule has 5 nitrogen and oxygen atoms in total. The Morgan fingerprint density at radius 2 is 2.04 bits per heavy atom. The van der Waals surface area contributed by atoms with Crippen molar-refractivity contribution in [1.82, 2.24) is 10.2 Å². The molecule has 1 aliphatic carbocycles. The first-order valence-electron chi connectivity index (χ1n) is 7.92. The van der Waals surface area contributed by atoms with Gasteiger partial charge >= 0.3 is 0 Å². The predicted octanol–water partition coefficient (Wildman–Crippen LogP) is 3.08. The predicted molar refractivity (Wildman–Crippen MR) is 89.1 cm³/mol. The first-order chi connectivity index (χ1) is 11.1. The lowest BCUT2D eigenvalue weighted by molar-refractivity contribution is -0.125. The molecule has 6 heteroatoms. The van der Waals surface area contributed by atoms with Gasteiger partial charge < -0.3 is 14.6 Å². The summed E-state index contributed by atoms with van der Waals surface area (Å²) in [5.74, 6) is 0.0622. The second kappa shape index (κ2) is 5.67. The van der Waals surface area contributed by atoms with Gasteiger partial charge in [0.2, 0.25) is 5.91 Å². The summed E-state index contributed by atoms with van der Waals surface area (Å²) >= 11 is 3.41. The third kappa shape index (κ3) is 2.87. The molecule has 0 radical (unpaired) electrons. The molecule has 2 amide bonds. The average molecular weight is 377 g/mol. The van der Waals surface area contributed by atoms with Crippen LogP contribution >= 0.6 is 15.9 Å². The number of rotatable bonds is 3. The van der Waals surface area contributed by atoms with Crippen molar-refractivity contribution in [2.75, 3.05) is 6.54 Å². The second-order valence-electron chi connectivity index (χ2n) is 6.23. The van der Waals surface area contributed by atoms with Gasteiger partial charge in [-0.25, -0.2) is 0 Å². The van der Waals surface area contributed by atoms with Crippen LogP contribution < -0.4 is 5.32 Å². The molecule has 1 saturated carbocycles. The number of nitrogens with one attached hydrogen (secondary N) is 1. The highest BCUT2D eigenvalue weighted by atomic mass is 79.9. The van der Waals surface area contributed by atoms with E-state index in [1.807, 2.05) is 18.2 Å². The van der Waals surface area contributed by atoms with Gasteiger partial charge in [0.15, 0.2) is 5.76 Å². The summed E-state index contributed by atoms with van der Waals surface area (Å²) in [5.41, 5.74) is 0.676. The molecule has 0 bridgehead atoms. The maximum absolute atomic E-state index is 12.8. The van der Waals surface area contributed by atoms with E-state index in [0.29, 0.717) is 23.9 Å². The number of likely N-dealkylation sites (tertiary alicyclic amines) is 1. The number of hydrogen-bond acceptors (Lipinski definition) is 3. The standard InChI is InChI=1S/C17H17BrN2O3/c18-11-3-6-14-10(8-11)9-15(23-14)17(22)20-7-1-2-13(20)16(21)19-12-4-5-12/h3,6,8-9,12-13H,1-2,4-5,7H2,(H,19,21). The molecule has 120 valence electrons. The van der Waals surface area contributed by atoms with Crippen LogP contribution in [-0.4, -0.2) is 35.3 Å². The maximum atomic E-state index is 12.8. The molecule has 2 aromatic rings. The molecule has 2 fully saturated rings. The topological polar surface area (TPSA) is 62.6 Å². The number of carbonyl (C=O) groups excluding carboxylic acids is 2. The Hall–Kier alpha value is -1.82. The van der Waals surface area contributed by atoms with Crippen molar-refractivity contribution in [3.63, 3.8) is 0 Å². The maximum Gasteiger partial charge on any atom is 0.290 e. The summed E-state index contributed by atoms with van der Waals surface area (Å²) in [7, 11) is 0. The minimum Gasteiger partial charge on any atom is -0.451 e. The first-order valence-corrected chi connectivity index (χ1v) is 8.71. The molecule has 2 heterocycles. The molecule has 1 N–H and O–H groups in total. The van der Waals surface area contributed by atoms with E-state index in [4.69, 9.17) is 4.42 Å². The molecule has 1 atom stereocenters. The lowest BCUT2D eigenvalue weighted by atomic mass is 10.2. The van der Waals surface area contributed by atoms with E-state index in [2.05, 4.69) is 21.2 Å². The minimum absolute atomic E-state index is 0.0304. The minimum atomic E-state index is -0.372. The van der Waals surface area contributed by atoms with Crippen LogP contribution in [0.15, 0.2) is 33.2 Å². The van der Waals surface area contributed by atoms with Gasteiger partial charge in [-0.1, -0.05) is 15.9 Å². The highest BCUT2D eigenvalue weighted by Gasteiger charge is 2.37. The zero-order valence-corrected chi connectivity index (χ0v) is 14.1. The highest BCUT2D eigenvalue weighted by molar-refractivity contribution is 9.10. The Bertz CT molecular complexity index is 781. The van der Waals surface area contributed by atoms with Gasteiger partial charge in [0, 0.05) is 22.4 Å². The van der Waals surface area contributed by atoms with E-state index in [1.165, 1.54) is 0 Å². The van der Waals surface area contributed by atoms with Gasteiger partial charge in [-0.2, -0.15) is 0 Å². The molecular weight excluding hydrogens is 360 g/mol. The van der Waals surface area contributed by atoms with E-state index in [9.17, 15) is 9.59 Å². The van der Waals surface area contributed by atoms with E-state index in [-0.39, 0.29) is 17.9 Å². The summed E-state index contributed by atoms with van der Waals surface area (Å²) in [5, 5.41) is 3.87. The second-order valence-corrected chi connectivity index (χ2v) is 7.15. The molecule has 1 saturated heterocycles.